The third-order valence-corrected chi connectivity index (χ3v) is 8.10. The van der Waals surface area contributed by atoms with Crippen molar-refractivity contribution in [2.75, 3.05) is 33.0 Å². The van der Waals surface area contributed by atoms with E-state index in [1.165, 1.54) is 122 Å². The lowest BCUT2D eigenvalue weighted by atomic mass is 10.0. The Bertz CT molecular complexity index is 514. The molecular weight excluding hydrogens is 491 g/mol. The van der Waals surface area contributed by atoms with E-state index in [0.717, 1.165) is 38.9 Å². The Morgan fingerprint density at radius 1 is 0.595 bits per heavy atom. The van der Waals surface area contributed by atoms with Gasteiger partial charge in [0, 0.05) is 13.2 Å². The van der Waals surface area contributed by atoms with Crippen molar-refractivity contribution in [1.82, 2.24) is 0 Å². The fraction of sp³-hybridized carbons (Fsp3) is 1.00. The highest BCUT2D eigenvalue weighted by Gasteiger charge is 2.19. The summed E-state index contributed by atoms with van der Waals surface area (Å²) in [5.74, 6) is 0. The molecule has 37 heavy (non-hydrogen) atoms. The lowest BCUT2D eigenvalue weighted by Crippen LogP contribution is -2.22. The average molecular weight is 551 g/mol. The number of ether oxygens (including phenoxy) is 2. The van der Waals surface area contributed by atoms with Crippen LogP contribution in [0.3, 0.4) is 0 Å². The first kappa shape index (κ1) is 35.0. The second-order valence-corrected chi connectivity index (χ2v) is 12.1. The second-order valence-electron chi connectivity index (χ2n) is 10.6. The zero-order valence-corrected chi connectivity index (χ0v) is 24.7. The first-order valence-corrected chi connectivity index (χ1v) is 17.1. The minimum atomic E-state index is -3.98. The van der Waals surface area contributed by atoms with Crippen molar-refractivity contribution in [3.63, 3.8) is 0 Å². The maximum Gasteiger partial charge on any atom is 0.472 e. The number of aliphatic hydroxyl groups excluding tert-OH is 1. The Hall–Kier alpha value is -0.0100. The molecule has 1 aliphatic heterocycles. The van der Waals surface area contributed by atoms with Crippen molar-refractivity contribution in [3.05, 3.63) is 0 Å². The topological polar surface area (TPSA) is 94.5 Å². The van der Waals surface area contributed by atoms with Crippen LogP contribution in [0.2, 0.25) is 0 Å². The Morgan fingerprint density at radius 2 is 1.00 bits per heavy atom. The Labute approximate surface area is 228 Å². The number of hydrogen-bond acceptors (Lipinski definition) is 6. The molecule has 2 N–H and O–H groups in total. The fourth-order valence-electron chi connectivity index (χ4n) is 4.82. The molecule has 0 amide bonds. The van der Waals surface area contributed by atoms with Gasteiger partial charge < -0.3 is 19.5 Å². The van der Waals surface area contributed by atoms with Gasteiger partial charge in [-0.3, -0.25) is 9.05 Å². The molecule has 0 aromatic heterocycles. The number of aliphatic hydroxyl groups is 1. The summed E-state index contributed by atoms with van der Waals surface area (Å²) >= 11 is 0. The van der Waals surface area contributed by atoms with E-state index in [9.17, 15) is 9.46 Å². The summed E-state index contributed by atoms with van der Waals surface area (Å²) < 4.78 is 32.2. The second kappa shape index (κ2) is 26.2. The van der Waals surface area contributed by atoms with Crippen LogP contribution in [0.25, 0.3) is 0 Å². The number of phosphoric acid groups is 1. The fourth-order valence-corrected chi connectivity index (χ4v) is 5.56. The van der Waals surface area contributed by atoms with Crippen LogP contribution >= 0.6 is 7.82 Å². The minimum Gasteiger partial charge on any atom is -0.394 e. The van der Waals surface area contributed by atoms with E-state index >= 15 is 0 Å². The molecule has 8 heteroatoms. The van der Waals surface area contributed by atoms with Gasteiger partial charge in [-0.1, -0.05) is 116 Å². The third-order valence-electron chi connectivity index (χ3n) is 7.08. The molecule has 0 aromatic rings. The van der Waals surface area contributed by atoms with Crippen LogP contribution in [0.4, 0.5) is 0 Å². The summed E-state index contributed by atoms with van der Waals surface area (Å²) in [6, 6.07) is 0. The van der Waals surface area contributed by atoms with Crippen LogP contribution in [-0.4, -0.2) is 49.3 Å². The molecule has 7 nitrogen and oxygen atoms in total. The molecule has 0 spiro atoms. The number of rotatable bonds is 28. The monoisotopic (exact) mass is 550 g/mol. The summed E-state index contributed by atoms with van der Waals surface area (Å²) in [5.41, 5.74) is 0. The summed E-state index contributed by atoms with van der Waals surface area (Å²) in [6.07, 6.45) is 29.4. The van der Waals surface area contributed by atoms with E-state index in [-0.39, 0.29) is 26.1 Å². The average Bonchev–Trinajstić information content (AvgIpc) is 2.90. The van der Waals surface area contributed by atoms with E-state index in [2.05, 4.69) is 4.52 Å². The largest absolute Gasteiger partial charge is 0.472 e. The van der Waals surface area contributed by atoms with Gasteiger partial charge in [-0.15, -0.1) is 0 Å². The molecule has 0 bridgehead atoms. The van der Waals surface area contributed by atoms with Gasteiger partial charge in [0.2, 0.25) is 0 Å². The zero-order valence-electron chi connectivity index (χ0n) is 23.8. The first-order valence-electron chi connectivity index (χ1n) is 15.6. The molecule has 0 radical (unpaired) electrons. The lowest BCUT2D eigenvalue weighted by Gasteiger charge is -2.22. The molecule has 1 heterocycles. The van der Waals surface area contributed by atoms with Crippen LogP contribution < -0.4 is 0 Å². The van der Waals surface area contributed by atoms with E-state index in [1.807, 2.05) is 0 Å². The van der Waals surface area contributed by atoms with Gasteiger partial charge in [-0.25, -0.2) is 4.57 Å². The highest BCUT2D eigenvalue weighted by Crippen LogP contribution is 2.43. The predicted octanol–water partition coefficient (Wildman–Crippen LogP) is 8.46. The van der Waals surface area contributed by atoms with Crippen LogP contribution in [0, 0.1) is 0 Å². The number of phosphoric ester groups is 1. The van der Waals surface area contributed by atoms with E-state index in [4.69, 9.17) is 19.1 Å². The van der Waals surface area contributed by atoms with Gasteiger partial charge in [-0.2, -0.15) is 0 Å². The van der Waals surface area contributed by atoms with E-state index < -0.39 is 7.82 Å². The summed E-state index contributed by atoms with van der Waals surface area (Å²) in [5, 5.41) is 8.59. The molecule has 1 aliphatic rings. The van der Waals surface area contributed by atoms with Crippen LogP contribution in [0.15, 0.2) is 0 Å². The van der Waals surface area contributed by atoms with Crippen molar-refractivity contribution in [2.45, 2.75) is 154 Å². The molecule has 1 saturated heterocycles. The maximum atomic E-state index is 11.4. The molecule has 0 aromatic carbocycles. The minimum absolute atomic E-state index is 0.0764. The first-order chi connectivity index (χ1) is 18.1. The normalized spacial score (nSPS) is 17.7. The van der Waals surface area contributed by atoms with Gasteiger partial charge in [0.05, 0.1) is 19.8 Å². The van der Waals surface area contributed by atoms with Gasteiger partial charge in [0.1, 0.15) is 0 Å². The van der Waals surface area contributed by atoms with Gasteiger partial charge >= 0.3 is 7.82 Å². The maximum absolute atomic E-state index is 11.4. The smallest absolute Gasteiger partial charge is 0.394 e. The van der Waals surface area contributed by atoms with Gasteiger partial charge in [0.15, 0.2) is 6.29 Å². The van der Waals surface area contributed by atoms with Crippen LogP contribution in [0.1, 0.15) is 148 Å². The highest BCUT2D eigenvalue weighted by atomic mass is 31.2. The van der Waals surface area contributed by atoms with Crippen LogP contribution in [-0.2, 0) is 23.1 Å². The van der Waals surface area contributed by atoms with Crippen molar-refractivity contribution >= 4 is 7.82 Å². The van der Waals surface area contributed by atoms with Crippen molar-refractivity contribution in [1.29, 1.82) is 0 Å². The Balaban J connectivity index is 1.66. The molecule has 1 rings (SSSR count). The van der Waals surface area contributed by atoms with Gasteiger partial charge in [-0.05, 0) is 32.1 Å². The summed E-state index contributed by atoms with van der Waals surface area (Å²) in [4.78, 5) is 9.34. The molecule has 2 unspecified atom stereocenters. The van der Waals surface area contributed by atoms with E-state index in [0.29, 0.717) is 0 Å². The standard InChI is InChI=1S/C29H59O7P/c30-24-28-36-37(31,32)35-27-21-18-16-14-12-10-8-6-4-2-1-3-5-7-9-11-13-15-17-20-25-33-29-23-19-22-26-34-29/h29-30H,1-28H2,(H,31,32). The van der Waals surface area contributed by atoms with Crippen LogP contribution in [0.5, 0.6) is 0 Å². The van der Waals surface area contributed by atoms with E-state index in [1.54, 1.807) is 0 Å². The third kappa shape index (κ3) is 24.7. The van der Waals surface area contributed by atoms with Crippen molar-refractivity contribution in [3.8, 4) is 0 Å². The molecule has 222 valence electrons. The zero-order chi connectivity index (χ0) is 26.7. The van der Waals surface area contributed by atoms with Gasteiger partial charge in [0.25, 0.3) is 0 Å². The predicted molar refractivity (Wildman–Crippen MR) is 151 cm³/mol. The Kier molecular flexibility index (Phi) is 24.8. The number of unbranched alkanes of at least 4 members (excludes halogenated alkanes) is 19. The Morgan fingerprint density at radius 3 is 1.41 bits per heavy atom. The number of hydrogen-bond donors (Lipinski definition) is 2. The molecule has 0 aliphatic carbocycles. The van der Waals surface area contributed by atoms with Crippen molar-refractivity contribution in [2.24, 2.45) is 0 Å². The molecule has 2 atom stereocenters. The lowest BCUT2D eigenvalue weighted by molar-refractivity contribution is -0.162. The summed E-state index contributed by atoms with van der Waals surface area (Å²) in [6.45, 7) is 1.50. The molecule has 1 fully saturated rings. The molecule has 0 saturated carbocycles. The molecular formula is C29H59O7P. The quantitative estimate of drug-likeness (QED) is 0.0745. The van der Waals surface area contributed by atoms with Crippen molar-refractivity contribution < 1.29 is 33.1 Å². The highest BCUT2D eigenvalue weighted by molar-refractivity contribution is 7.47. The SMILES string of the molecule is O=P(O)(OCCO)OCCCCCCCCCCCCCCCCCCCCCCOC1CCCCO1. The summed E-state index contributed by atoms with van der Waals surface area (Å²) in [7, 11) is -3.98.